The molecule has 0 aromatic carbocycles. The van der Waals surface area contributed by atoms with Crippen LogP contribution < -0.4 is 4.89 Å². The lowest BCUT2D eigenvalue weighted by atomic mass is 10.4. The van der Waals surface area contributed by atoms with Crippen LogP contribution in [0, 0.1) is 0 Å². The van der Waals surface area contributed by atoms with Gasteiger partial charge in [0.15, 0.2) is 0 Å². The van der Waals surface area contributed by atoms with E-state index in [4.69, 9.17) is 0 Å². The van der Waals surface area contributed by atoms with E-state index in [1.54, 1.807) is 23.5 Å². The maximum atomic E-state index is 10.6. The number of hydrogen-bond donors (Lipinski definition) is 0. The van der Waals surface area contributed by atoms with Crippen LogP contribution in [0.4, 0.5) is 0 Å². The molecule has 0 N–H and O–H groups in total. The Hall–Kier alpha value is -0.633. The molecule has 2 nitrogen and oxygen atoms in total. The Balaban J connectivity index is 2.87. The Morgan fingerprint density at radius 2 is 1.73 bits per heavy atom. The van der Waals surface area contributed by atoms with E-state index < -0.39 is 15.7 Å². The van der Waals surface area contributed by atoms with E-state index in [2.05, 4.69) is 0 Å². The first kappa shape index (κ1) is 8.46. The van der Waals surface area contributed by atoms with Crippen molar-refractivity contribution in [2.75, 3.05) is 0 Å². The van der Waals surface area contributed by atoms with Gasteiger partial charge in [0.2, 0.25) is 0 Å². The van der Waals surface area contributed by atoms with Gasteiger partial charge >= 0.3 is 8.08 Å². The standard InChI is InChI=1S/C7H7O2PSi/c8-10(9)11-6-4-2-1-3-5-7-11/h1-7H/b2-1-,3-1?,4-2?,5-3-,6-4-,7-5?,11-6?,11-7+. The highest BCUT2D eigenvalue weighted by atomic mass is 31.4. The molecule has 1 aliphatic rings. The zero-order valence-electron chi connectivity index (χ0n) is 5.81. The molecule has 0 amide bonds. The van der Waals surface area contributed by atoms with Crippen molar-refractivity contribution in [3.8, 4) is 0 Å². The summed E-state index contributed by atoms with van der Waals surface area (Å²) in [5.41, 5.74) is 3.49. The molecule has 0 fully saturated rings. The normalized spacial score (nSPS) is 30.6. The Morgan fingerprint density at radius 1 is 1.09 bits per heavy atom. The van der Waals surface area contributed by atoms with Crippen molar-refractivity contribution in [3.63, 3.8) is 0 Å². The number of hydrogen-bond acceptors (Lipinski definition) is 2. The molecule has 0 saturated heterocycles. The average molecular weight is 182 g/mol. The minimum absolute atomic E-state index is 1.41. The quantitative estimate of drug-likeness (QED) is 0.442. The van der Waals surface area contributed by atoms with Gasteiger partial charge in [-0.1, -0.05) is 34.9 Å². The molecular formula is C7H7O2PSi. The van der Waals surface area contributed by atoms with Gasteiger partial charge in [-0.3, -0.25) is 0 Å². The van der Waals surface area contributed by atoms with E-state index >= 15 is 0 Å². The Morgan fingerprint density at radius 3 is 2.45 bits per heavy atom. The SMILES string of the molecule is O=[P+]([O-])[Si]1=C/C=C\C=C/C=C\1. The van der Waals surface area contributed by atoms with Crippen LogP contribution in [0.5, 0.6) is 0 Å². The van der Waals surface area contributed by atoms with Crippen LogP contribution in [0.25, 0.3) is 0 Å². The van der Waals surface area contributed by atoms with Gasteiger partial charge in [-0.2, -0.15) is 0 Å². The van der Waals surface area contributed by atoms with Crippen molar-refractivity contribution in [3.05, 3.63) is 36.1 Å². The predicted octanol–water partition coefficient (Wildman–Crippen LogP) is 0.686. The van der Waals surface area contributed by atoms with Gasteiger partial charge in [0.1, 0.15) is 0 Å². The van der Waals surface area contributed by atoms with Gasteiger partial charge in [0, 0.05) is 0 Å². The smallest absolute Gasteiger partial charge is 0.358 e. The van der Waals surface area contributed by atoms with Gasteiger partial charge < -0.3 is 4.89 Å². The molecule has 1 heterocycles. The molecule has 0 bridgehead atoms. The second-order valence-corrected chi connectivity index (χ2v) is 6.65. The van der Waals surface area contributed by atoms with Gasteiger partial charge in [0.05, 0.1) is 0 Å². The molecule has 1 rings (SSSR count). The van der Waals surface area contributed by atoms with Gasteiger partial charge in [-0.15, -0.1) is 0 Å². The summed E-state index contributed by atoms with van der Waals surface area (Å²) in [6.45, 7) is 0. The molecule has 0 aliphatic carbocycles. The summed E-state index contributed by atoms with van der Waals surface area (Å²) in [5.74, 6) is 0. The van der Waals surface area contributed by atoms with Crippen molar-refractivity contribution < 1.29 is 9.46 Å². The van der Waals surface area contributed by atoms with Gasteiger partial charge in [-0.05, 0) is 11.4 Å². The molecule has 0 aromatic rings. The van der Waals surface area contributed by atoms with E-state index in [9.17, 15) is 9.46 Å². The van der Waals surface area contributed by atoms with Crippen molar-refractivity contribution in [2.24, 2.45) is 0 Å². The molecule has 1 unspecified atom stereocenters. The van der Waals surface area contributed by atoms with Crippen molar-refractivity contribution >= 4 is 21.3 Å². The lowest BCUT2D eigenvalue weighted by Crippen LogP contribution is -2.03. The first-order valence-electron chi connectivity index (χ1n) is 3.17. The van der Waals surface area contributed by atoms with Crippen molar-refractivity contribution in [2.45, 2.75) is 0 Å². The zero-order chi connectivity index (χ0) is 8.10. The molecule has 0 aromatic heterocycles. The van der Waals surface area contributed by atoms with Gasteiger partial charge in [-0.25, -0.2) is 0 Å². The highest BCUT2D eigenvalue weighted by molar-refractivity contribution is 7.76. The van der Waals surface area contributed by atoms with Crippen LogP contribution in [-0.4, -0.2) is 13.7 Å². The van der Waals surface area contributed by atoms with Crippen LogP contribution in [0.15, 0.2) is 36.1 Å². The fourth-order valence-corrected chi connectivity index (χ4v) is 2.90. The largest absolute Gasteiger partial charge is 0.605 e. The summed E-state index contributed by atoms with van der Waals surface area (Å²) in [7, 11) is -3.69. The fourth-order valence-electron chi connectivity index (χ4n) is 0.678. The number of rotatable bonds is 1. The maximum absolute atomic E-state index is 10.6. The average Bonchev–Trinajstić information content (AvgIpc) is 1.84. The van der Waals surface area contributed by atoms with E-state index in [1.165, 1.54) is 0 Å². The van der Waals surface area contributed by atoms with Crippen LogP contribution >= 0.6 is 7.58 Å². The molecule has 11 heavy (non-hydrogen) atoms. The second-order valence-electron chi connectivity index (χ2n) is 1.98. The van der Waals surface area contributed by atoms with Crippen LogP contribution in [-0.2, 0) is 4.57 Å². The van der Waals surface area contributed by atoms with Gasteiger partial charge in [0.25, 0.3) is 7.58 Å². The molecule has 0 spiro atoms. The number of allylic oxidation sites excluding steroid dienone is 5. The second kappa shape index (κ2) is 4.29. The lowest BCUT2D eigenvalue weighted by Gasteiger charge is -1.86. The lowest BCUT2D eigenvalue weighted by molar-refractivity contribution is -0.158. The van der Waals surface area contributed by atoms with Crippen molar-refractivity contribution in [1.29, 1.82) is 0 Å². The minimum atomic E-state index is -2.27. The molecule has 4 heteroatoms. The summed E-state index contributed by atoms with van der Waals surface area (Å²) < 4.78 is 10.6. The molecule has 0 radical (unpaired) electrons. The summed E-state index contributed by atoms with van der Waals surface area (Å²) >= 11 is 0. The first-order valence-corrected chi connectivity index (χ1v) is 6.84. The molecule has 1 atom stereocenters. The molecule has 0 saturated carbocycles. The maximum Gasteiger partial charge on any atom is 0.358 e. The molecule has 1 aliphatic heterocycles. The summed E-state index contributed by atoms with van der Waals surface area (Å²) in [4.78, 5) is 10.6. The monoisotopic (exact) mass is 182 g/mol. The zero-order valence-corrected chi connectivity index (χ0v) is 7.70. The topological polar surface area (TPSA) is 40.1 Å². The van der Waals surface area contributed by atoms with Crippen LogP contribution in [0.1, 0.15) is 0 Å². The highest BCUT2D eigenvalue weighted by Gasteiger charge is 2.08. The molecular weight excluding hydrogens is 175 g/mol. The highest BCUT2D eigenvalue weighted by Crippen LogP contribution is 2.08. The minimum Gasteiger partial charge on any atom is -0.605 e. The fraction of sp³-hybridized carbons (Fsp3) is 0. The molecule has 56 valence electrons. The third kappa shape index (κ3) is 2.85. The van der Waals surface area contributed by atoms with E-state index in [0.29, 0.717) is 0 Å². The third-order valence-electron chi connectivity index (χ3n) is 1.19. The van der Waals surface area contributed by atoms with Crippen LogP contribution in [0.2, 0.25) is 0 Å². The summed E-state index contributed by atoms with van der Waals surface area (Å²) in [6, 6.07) is 0. The van der Waals surface area contributed by atoms with E-state index in [-0.39, 0.29) is 0 Å². The van der Waals surface area contributed by atoms with Crippen molar-refractivity contribution in [1.82, 2.24) is 0 Å². The van der Waals surface area contributed by atoms with E-state index in [0.717, 1.165) is 0 Å². The summed E-state index contributed by atoms with van der Waals surface area (Å²) in [6.07, 6.45) is 9.07. The Labute approximate surface area is 67.5 Å². The Kier molecular flexibility index (Phi) is 3.30. The summed E-state index contributed by atoms with van der Waals surface area (Å²) in [5, 5.41) is 0. The first-order chi connectivity index (χ1) is 5.30. The third-order valence-corrected chi connectivity index (χ3v) is 4.84. The Bertz CT molecular complexity index is 276. The van der Waals surface area contributed by atoms with Crippen LogP contribution in [0.3, 0.4) is 0 Å². The van der Waals surface area contributed by atoms with E-state index in [1.807, 2.05) is 18.2 Å². The predicted molar refractivity (Wildman–Crippen MR) is 46.8 cm³/mol.